The van der Waals surface area contributed by atoms with Gasteiger partial charge in [-0.25, -0.2) is 0 Å². The molecule has 0 saturated carbocycles. The number of carbonyl (C=O) groups is 1. The van der Waals surface area contributed by atoms with Crippen LogP contribution in [0.2, 0.25) is 12.6 Å². The molecule has 1 saturated heterocycles. The second kappa shape index (κ2) is 7.13. The minimum atomic E-state index is -1.95. The van der Waals surface area contributed by atoms with E-state index in [0.29, 0.717) is 5.91 Å². The first-order chi connectivity index (χ1) is 8.11. The van der Waals surface area contributed by atoms with Crippen LogP contribution in [-0.4, -0.2) is 46.7 Å². The Bertz CT molecular complexity index is 244. The second-order valence-electron chi connectivity index (χ2n) is 4.84. The topological polar surface area (TPSA) is 38.8 Å². The average Bonchev–Trinajstić information content (AvgIpc) is 2.54. The Kier molecular flexibility index (Phi) is 6.15. The van der Waals surface area contributed by atoms with Crippen molar-refractivity contribution in [3.05, 3.63) is 0 Å². The highest BCUT2D eigenvalue weighted by molar-refractivity contribution is 6.65. The zero-order chi connectivity index (χ0) is 12.7. The zero-order valence-electron chi connectivity index (χ0n) is 11.3. The summed E-state index contributed by atoms with van der Waals surface area (Å²) in [5.41, 5.74) is 0. The number of hydrogen-bond acceptors (Lipinski definition) is 3. The molecule has 0 aromatic heterocycles. The van der Waals surface area contributed by atoms with E-state index in [1.54, 1.807) is 14.2 Å². The molecule has 0 aromatic carbocycles. The number of carbonyl (C=O) groups excluding carboxylic acids is 1. The third kappa shape index (κ3) is 4.77. The molecule has 5 heteroatoms. The van der Waals surface area contributed by atoms with Crippen LogP contribution in [0.3, 0.4) is 0 Å². The number of amides is 1. The standard InChI is InChI=1S/C12H25NO3Si/c1-15-17(3,16-2)11-7-10-13-9-6-4-5-8-12(13)14/h4-11H2,1-3H3. The van der Waals surface area contributed by atoms with Crippen LogP contribution >= 0.6 is 0 Å². The minimum absolute atomic E-state index is 0.320. The van der Waals surface area contributed by atoms with Gasteiger partial charge in [0.05, 0.1) is 0 Å². The first-order valence-electron chi connectivity index (χ1n) is 6.49. The van der Waals surface area contributed by atoms with Crippen molar-refractivity contribution >= 4 is 14.5 Å². The van der Waals surface area contributed by atoms with Crippen molar-refractivity contribution in [2.24, 2.45) is 0 Å². The molecule has 0 unspecified atom stereocenters. The molecule has 0 bridgehead atoms. The number of hydrogen-bond donors (Lipinski definition) is 0. The van der Waals surface area contributed by atoms with E-state index in [4.69, 9.17) is 8.85 Å². The lowest BCUT2D eigenvalue weighted by Crippen LogP contribution is -2.38. The van der Waals surface area contributed by atoms with Crippen LogP contribution < -0.4 is 0 Å². The zero-order valence-corrected chi connectivity index (χ0v) is 12.3. The van der Waals surface area contributed by atoms with Gasteiger partial charge in [0, 0.05) is 33.7 Å². The van der Waals surface area contributed by atoms with Gasteiger partial charge in [0.15, 0.2) is 0 Å². The molecule has 0 aromatic rings. The van der Waals surface area contributed by atoms with Gasteiger partial charge in [-0.1, -0.05) is 6.42 Å². The van der Waals surface area contributed by atoms with Gasteiger partial charge in [-0.2, -0.15) is 0 Å². The first kappa shape index (κ1) is 14.7. The van der Waals surface area contributed by atoms with Crippen LogP contribution in [0.4, 0.5) is 0 Å². The van der Waals surface area contributed by atoms with Crippen LogP contribution in [0, 0.1) is 0 Å². The summed E-state index contributed by atoms with van der Waals surface area (Å²) in [4.78, 5) is 13.8. The maximum absolute atomic E-state index is 11.8. The largest absolute Gasteiger partial charge is 0.398 e. The molecular weight excluding hydrogens is 234 g/mol. The highest BCUT2D eigenvalue weighted by Crippen LogP contribution is 2.16. The van der Waals surface area contributed by atoms with Crippen LogP contribution in [0.25, 0.3) is 0 Å². The lowest BCUT2D eigenvalue weighted by Gasteiger charge is -2.25. The Labute approximate surface area is 106 Å². The summed E-state index contributed by atoms with van der Waals surface area (Å²) in [5.74, 6) is 0.320. The second-order valence-corrected chi connectivity index (χ2v) is 8.42. The van der Waals surface area contributed by atoms with E-state index < -0.39 is 8.56 Å². The van der Waals surface area contributed by atoms with Gasteiger partial charge in [0.1, 0.15) is 0 Å². The fourth-order valence-electron chi connectivity index (χ4n) is 2.15. The number of nitrogens with zero attached hydrogens (tertiary/aromatic N) is 1. The Balaban J connectivity index is 2.31. The lowest BCUT2D eigenvalue weighted by molar-refractivity contribution is -0.130. The molecule has 17 heavy (non-hydrogen) atoms. The van der Waals surface area contributed by atoms with E-state index in [9.17, 15) is 4.79 Å². The lowest BCUT2D eigenvalue weighted by atomic mass is 10.2. The molecule has 1 aliphatic rings. The minimum Gasteiger partial charge on any atom is -0.398 e. The summed E-state index contributed by atoms with van der Waals surface area (Å²) in [6.45, 7) is 3.85. The molecule has 0 radical (unpaired) electrons. The molecule has 1 fully saturated rings. The van der Waals surface area contributed by atoms with Gasteiger partial charge in [-0.15, -0.1) is 0 Å². The van der Waals surface area contributed by atoms with Gasteiger partial charge < -0.3 is 13.8 Å². The Morgan fingerprint density at radius 1 is 1.24 bits per heavy atom. The van der Waals surface area contributed by atoms with E-state index in [-0.39, 0.29) is 0 Å². The van der Waals surface area contributed by atoms with Crippen LogP contribution in [-0.2, 0) is 13.6 Å². The fourth-order valence-corrected chi connectivity index (χ4v) is 3.53. The highest BCUT2D eigenvalue weighted by atomic mass is 28.4. The van der Waals surface area contributed by atoms with E-state index >= 15 is 0 Å². The smallest absolute Gasteiger partial charge is 0.334 e. The van der Waals surface area contributed by atoms with Crippen molar-refractivity contribution in [2.45, 2.75) is 44.7 Å². The molecular formula is C12H25NO3Si. The highest BCUT2D eigenvalue weighted by Gasteiger charge is 2.28. The maximum atomic E-state index is 11.8. The predicted octanol–water partition coefficient (Wildman–Crippen LogP) is 2.14. The third-order valence-corrected chi connectivity index (χ3v) is 6.58. The summed E-state index contributed by atoms with van der Waals surface area (Å²) in [5, 5.41) is 0. The van der Waals surface area contributed by atoms with Crippen LogP contribution in [0.1, 0.15) is 32.1 Å². The Morgan fingerprint density at radius 3 is 2.59 bits per heavy atom. The van der Waals surface area contributed by atoms with Crippen molar-refractivity contribution in [3.63, 3.8) is 0 Å². The van der Waals surface area contributed by atoms with Gasteiger partial charge >= 0.3 is 8.56 Å². The SMILES string of the molecule is CO[Si](C)(CCCN1CCCCCC1=O)OC. The summed E-state index contributed by atoms with van der Waals surface area (Å²) in [7, 11) is 1.48. The third-order valence-electron chi connectivity index (χ3n) is 3.59. The summed E-state index contributed by atoms with van der Waals surface area (Å²) in [6, 6.07) is 0.948. The molecule has 0 N–H and O–H groups in total. The van der Waals surface area contributed by atoms with E-state index in [0.717, 1.165) is 44.8 Å². The molecule has 1 aliphatic heterocycles. The van der Waals surface area contributed by atoms with Crippen molar-refractivity contribution in [3.8, 4) is 0 Å². The molecule has 0 aliphatic carbocycles. The van der Waals surface area contributed by atoms with Crippen molar-refractivity contribution < 1.29 is 13.6 Å². The molecule has 0 atom stereocenters. The monoisotopic (exact) mass is 259 g/mol. The Morgan fingerprint density at radius 2 is 1.94 bits per heavy atom. The van der Waals surface area contributed by atoms with Gasteiger partial charge in [0.2, 0.25) is 5.91 Å². The summed E-state index contributed by atoms with van der Waals surface area (Å²) < 4.78 is 10.9. The molecule has 1 heterocycles. The van der Waals surface area contributed by atoms with Crippen molar-refractivity contribution in [1.82, 2.24) is 4.90 Å². The first-order valence-corrected chi connectivity index (χ1v) is 9.02. The molecule has 1 amide bonds. The summed E-state index contributed by atoms with van der Waals surface area (Å²) in [6.07, 6.45) is 5.09. The van der Waals surface area contributed by atoms with E-state index in [2.05, 4.69) is 6.55 Å². The molecule has 4 nitrogen and oxygen atoms in total. The maximum Gasteiger partial charge on any atom is 0.334 e. The number of likely N-dealkylation sites (tertiary alicyclic amines) is 1. The van der Waals surface area contributed by atoms with Gasteiger partial charge in [-0.3, -0.25) is 4.79 Å². The van der Waals surface area contributed by atoms with Gasteiger partial charge in [-0.05, 0) is 31.9 Å². The molecule has 100 valence electrons. The Hall–Kier alpha value is -0.393. The van der Waals surface area contributed by atoms with E-state index in [1.807, 2.05) is 4.90 Å². The predicted molar refractivity (Wildman–Crippen MR) is 70.1 cm³/mol. The van der Waals surface area contributed by atoms with E-state index in [1.165, 1.54) is 6.42 Å². The van der Waals surface area contributed by atoms with Crippen molar-refractivity contribution in [2.75, 3.05) is 27.3 Å². The number of rotatable bonds is 6. The van der Waals surface area contributed by atoms with Gasteiger partial charge in [0.25, 0.3) is 0 Å². The average molecular weight is 259 g/mol. The normalized spacial score (nSPS) is 18.3. The molecule has 1 rings (SSSR count). The fraction of sp³-hybridized carbons (Fsp3) is 0.917. The quantitative estimate of drug-likeness (QED) is 0.686. The summed E-state index contributed by atoms with van der Waals surface area (Å²) >= 11 is 0. The van der Waals surface area contributed by atoms with Crippen LogP contribution in [0.5, 0.6) is 0 Å². The molecule has 0 spiro atoms. The van der Waals surface area contributed by atoms with Crippen molar-refractivity contribution in [1.29, 1.82) is 0 Å². The van der Waals surface area contributed by atoms with Crippen LogP contribution in [0.15, 0.2) is 0 Å².